The van der Waals surface area contributed by atoms with Crippen molar-refractivity contribution in [2.24, 2.45) is 0 Å². The van der Waals surface area contributed by atoms with Gasteiger partial charge in [-0.05, 0) is 41.5 Å². The number of carboxylic acids is 1. The van der Waals surface area contributed by atoms with Gasteiger partial charge in [0.2, 0.25) is 0 Å². The molecule has 2 heterocycles. The maximum atomic E-state index is 11.0. The average Bonchev–Trinajstić information content (AvgIpc) is 3.05. The summed E-state index contributed by atoms with van der Waals surface area (Å²) < 4.78 is 0. The van der Waals surface area contributed by atoms with E-state index in [4.69, 9.17) is 16.7 Å². The van der Waals surface area contributed by atoms with E-state index in [1.165, 1.54) is 0 Å². The molecule has 0 saturated heterocycles. The molecule has 2 N–H and O–H groups in total. The van der Waals surface area contributed by atoms with Gasteiger partial charge in [-0.25, -0.2) is 9.78 Å². The van der Waals surface area contributed by atoms with Gasteiger partial charge in [0.05, 0.1) is 5.56 Å². The second-order valence-electron chi connectivity index (χ2n) is 5.71. The lowest BCUT2D eigenvalue weighted by Crippen LogP contribution is -1.94. The maximum Gasteiger partial charge on any atom is 0.335 e. The predicted molar refractivity (Wildman–Crippen MR) is 98.9 cm³/mol. The summed E-state index contributed by atoms with van der Waals surface area (Å²) in [6.07, 6.45) is 3.71. The first-order valence-corrected chi connectivity index (χ1v) is 8.06. The molecule has 2 aromatic carbocycles. The molecule has 0 aliphatic heterocycles. The number of carboxylic acid groups (broad SMARTS) is 1. The molecule has 0 fully saturated rings. The Labute approximate surface area is 148 Å². The molecule has 4 aromatic rings. The lowest BCUT2D eigenvalue weighted by Gasteiger charge is -2.04. The van der Waals surface area contributed by atoms with E-state index in [-0.39, 0.29) is 5.56 Å². The van der Waals surface area contributed by atoms with Crippen molar-refractivity contribution in [3.8, 4) is 22.3 Å². The average molecular weight is 349 g/mol. The Morgan fingerprint density at radius 3 is 2.32 bits per heavy atom. The number of H-pyrrole nitrogens is 1. The van der Waals surface area contributed by atoms with E-state index in [9.17, 15) is 4.79 Å². The zero-order chi connectivity index (χ0) is 17.4. The molecule has 0 bridgehead atoms. The van der Waals surface area contributed by atoms with Gasteiger partial charge in [0, 0.05) is 33.9 Å². The van der Waals surface area contributed by atoms with Crippen molar-refractivity contribution < 1.29 is 9.90 Å². The van der Waals surface area contributed by atoms with Crippen LogP contribution in [0.1, 0.15) is 10.4 Å². The Balaban J connectivity index is 1.81. The van der Waals surface area contributed by atoms with E-state index >= 15 is 0 Å². The summed E-state index contributed by atoms with van der Waals surface area (Å²) in [7, 11) is 0. The molecule has 2 aromatic heterocycles. The van der Waals surface area contributed by atoms with Crippen molar-refractivity contribution in [3.05, 3.63) is 77.6 Å². The number of benzene rings is 2. The maximum absolute atomic E-state index is 11.0. The van der Waals surface area contributed by atoms with Crippen LogP contribution in [0.4, 0.5) is 0 Å². The molecular weight excluding hydrogens is 336 g/mol. The number of hydrogen-bond donors (Lipinski definition) is 2. The van der Waals surface area contributed by atoms with Crippen LogP contribution in [0.25, 0.3) is 33.3 Å². The zero-order valence-corrected chi connectivity index (χ0v) is 13.8. The summed E-state index contributed by atoms with van der Waals surface area (Å²) in [6.45, 7) is 0. The van der Waals surface area contributed by atoms with Crippen LogP contribution >= 0.6 is 11.6 Å². The van der Waals surface area contributed by atoms with E-state index in [1.807, 2.05) is 36.7 Å². The fourth-order valence-electron chi connectivity index (χ4n) is 2.83. The third-order valence-corrected chi connectivity index (χ3v) is 4.40. The molecule has 0 aliphatic rings. The molecule has 122 valence electrons. The van der Waals surface area contributed by atoms with Gasteiger partial charge >= 0.3 is 5.97 Å². The number of rotatable bonds is 3. The van der Waals surface area contributed by atoms with E-state index < -0.39 is 5.97 Å². The molecule has 0 saturated carbocycles. The summed E-state index contributed by atoms with van der Waals surface area (Å²) in [5.74, 6) is -0.933. The molecule has 0 spiro atoms. The van der Waals surface area contributed by atoms with Crippen molar-refractivity contribution >= 4 is 28.6 Å². The molecule has 4 rings (SSSR count). The van der Waals surface area contributed by atoms with Crippen LogP contribution in [-0.4, -0.2) is 21.0 Å². The third kappa shape index (κ3) is 2.88. The van der Waals surface area contributed by atoms with Crippen LogP contribution in [0.15, 0.2) is 67.0 Å². The van der Waals surface area contributed by atoms with Gasteiger partial charge in [-0.3, -0.25) is 0 Å². The van der Waals surface area contributed by atoms with Crippen LogP contribution < -0.4 is 0 Å². The quantitative estimate of drug-likeness (QED) is 0.531. The minimum absolute atomic E-state index is 0.267. The third-order valence-electron chi connectivity index (χ3n) is 4.15. The normalized spacial score (nSPS) is 10.9. The number of halogens is 1. The van der Waals surface area contributed by atoms with Crippen molar-refractivity contribution in [1.82, 2.24) is 9.97 Å². The largest absolute Gasteiger partial charge is 0.478 e. The van der Waals surface area contributed by atoms with E-state index in [0.29, 0.717) is 5.02 Å². The van der Waals surface area contributed by atoms with E-state index in [0.717, 1.165) is 33.3 Å². The molecule has 0 radical (unpaired) electrons. The van der Waals surface area contributed by atoms with Crippen molar-refractivity contribution in [2.45, 2.75) is 0 Å². The molecule has 25 heavy (non-hydrogen) atoms. The van der Waals surface area contributed by atoms with Gasteiger partial charge in [0.15, 0.2) is 0 Å². The highest BCUT2D eigenvalue weighted by atomic mass is 35.5. The Morgan fingerprint density at radius 1 is 0.960 bits per heavy atom. The smallest absolute Gasteiger partial charge is 0.335 e. The van der Waals surface area contributed by atoms with Crippen LogP contribution in [0.3, 0.4) is 0 Å². The minimum atomic E-state index is -0.933. The first-order chi connectivity index (χ1) is 12.1. The molecular formula is C20H13ClN2O2. The lowest BCUT2D eigenvalue weighted by molar-refractivity contribution is 0.0697. The molecule has 4 nitrogen and oxygen atoms in total. The molecule has 0 aliphatic carbocycles. The summed E-state index contributed by atoms with van der Waals surface area (Å²) in [6, 6.07) is 16.5. The highest BCUT2D eigenvalue weighted by Gasteiger charge is 2.10. The summed E-state index contributed by atoms with van der Waals surface area (Å²) in [5.41, 5.74) is 5.00. The highest BCUT2D eigenvalue weighted by Crippen LogP contribution is 2.31. The van der Waals surface area contributed by atoms with Crippen LogP contribution in [0.5, 0.6) is 0 Å². The van der Waals surface area contributed by atoms with Crippen molar-refractivity contribution in [3.63, 3.8) is 0 Å². The standard InChI is InChI=1S/C20H13ClN2O2/c21-16-7-5-12(6-8-16)15-9-17-18(11-23-19(17)22-10-15)13-1-3-14(4-2-13)20(24)25/h1-11H,(H,22,23)(H,24,25). The number of hydrogen-bond acceptors (Lipinski definition) is 2. The monoisotopic (exact) mass is 348 g/mol. The number of pyridine rings is 1. The topological polar surface area (TPSA) is 66.0 Å². The summed E-state index contributed by atoms with van der Waals surface area (Å²) >= 11 is 5.95. The van der Waals surface area contributed by atoms with Gasteiger partial charge in [0.1, 0.15) is 5.65 Å². The van der Waals surface area contributed by atoms with E-state index in [1.54, 1.807) is 24.3 Å². The first kappa shape index (κ1) is 15.4. The van der Waals surface area contributed by atoms with Gasteiger partial charge < -0.3 is 10.1 Å². The lowest BCUT2D eigenvalue weighted by atomic mass is 10.0. The number of aromatic amines is 1. The number of nitrogens with one attached hydrogen (secondary N) is 1. The predicted octanol–water partition coefficient (Wildman–Crippen LogP) is 5.25. The van der Waals surface area contributed by atoms with Gasteiger partial charge in [-0.2, -0.15) is 0 Å². The molecule has 5 heteroatoms. The fraction of sp³-hybridized carbons (Fsp3) is 0. The van der Waals surface area contributed by atoms with Gasteiger partial charge in [-0.1, -0.05) is 35.9 Å². The van der Waals surface area contributed by atoms with Gasteiger partial charge in [-0.15, -0.1) is 0 Å². The summed E-state index contributed by atoms with van der Waals surface area (Å²) in [4.78, 5) is 18.7. The number of nitrogens with zero attached hydrogens (tertiary/aromatic N) is 1. The number of aromatic carboxylic acids is 1. The second kappa shape index (κ2) is 6.07. The van der Waals surface area contributed by atoms with Gasteiger partial charge in [0.25, 0.3) is 0 Å². The zero-order valence-electron chi connectivity index (χ0n) is 13.0. The van der Waals surface area contributed by atoms with Crippen LogP contribution in [0, 0.1) is 0 Å². The Hall–Kier alpha value is -3.11. The number of aromatic nitrogens is 2. The molecule has 0 amide bonds. The number of carbonyl (C=O) groups is 1. The highest BCUT2D eigenvalue weighted by molar-refractivity contribution is 6.30. The summed E-state index contributed by atoms with van der Waals surface area (Å²) in [5, 5.41) is 10.7. The Kier molecular flexibility index (Phi) is 3.75. The second-order valence-corrected chi connectivity index (χ2v) is 6.15. The van der Waals surface area contributed by atoms with E-state index in [2.05, 4.69) is 16.0 Å². The van der Waals surface area contributed by atoms with Crippen molar-refractivity contribution in [1.29, 1.82) is 0 Å². The van der Waals surface area contributed by atoms with Crippen molar-refractivity contribution in [2.75, 3.05) is 0 Å². The first-order valence-electron chi connectivity index (χ1n) is 7.68. The Bertz CT molecular complexity index is 1070. The minimum Gasteiger partial charge on any atom is -0.478 e. The number of fused-ring (bicyclic) bond motifs is 1. The fourth-order valence-corrected chi connectivity index (χ4v) is 2.96. The molecule has 0 atom stereocenters. The van der Waals surface area contributed by atoms with Crippen LogP contribution in [0.2, 0.25) is 5.02 Å². The SMILES string of the molecule is O=C(O)c1ccc(-c2c[nH]c3ncc(-c4ccc(Cl)cc4)cc23)cc1. The molecule has 0 unspecified atom stereocenters. The van der Waals surface area contributed by atoms with Crippen LogP contribution in [-0.2, 0) is 0 Å². The Morgan fingerprint density at radius 2 is 1.64 bits per heavy atom.